The second kappa shape index (κ2) is 3.24. The lowest BCUT2D eigenvalue weighted by molar-refractivity contribution is -0.139. The molecule has 1 saturated heterocycles. The number of aliphatic carboxylic acids is 1. The third kappa shape index (κ3) is 1.74. The number of carboxylic acids is 1. The summed E-state index contributed by atoms with van der Waals surface area (Å²) >= 11 is 0. The third-order valence-electron chi connectivity index (χ3n) is 2.23. The normalized spacial score (nSPS) is 27.5. The fraction of sp³-hybridized carbons (Fsp3) is 0.750. The van der Waals surface area contributed by atoms with Crippen molar-refractivity contribution in [2.75, 3.05) is 13.2 Å². The van der Waals surface area contributed by atoms with Gasteiger partial charge >= 0.3 is 12.1 Å². The van der Waals surface area contributed by atoms with E-state index in [2.05, 4.69) is 0 Å². The zero-order chi connectivity index (χ0) is 10.1. The zero-order valence-corrected chi connectivity index (χ0v) is 7.74. The maximum absolute atomic E-state index is 11.1. The highest BCUT2D eigenvalue weighted by Crippen LogP contribution is 2.26. The number of rotatable bonds is 3. The number of cyclic esters (lactones) is 1. The van der Waals surface area contributed by atoms with E-state index in [4.69, 9.17) is 9.84 Å². The van der Waals surface area contributed by atoms with Crippen LogP contribution in [0.25, 0.3) is 0 Å². The molecule has 1 rings (SSSR count). The Kier molecular flexibility index (Phi) is 2.45. The van der Waals surface area contributed by atoms with E-state index in [0.717, 1.165) is 0 Å². The molecule has 1 heterocycles. The average Bonchev–Trinajstić information content (AvgIpc) is 2.25. The lowest BCUT2D eigenvalue weighted by Crippen LogP contribution is -2.45. The summed E-state index contributed by atoms with van der Waals surface area (Å²) in [6.45, 7) is 4.15. The van der Waals surface area contributed by atoms with E-state index in [1.807, 2.05) is 0 Å². The van der Waals surface area contributed by atoms with Gasteiger partial charge in [0, 0.05) is 6.54 Å². The Morgan fingerprint density at radius 3 is 2.85 bits per heavy atom. The maximum atomic E-state index is 11.1. The molecule has 5 nitrogen and oxygen atoms in total. The van der Waals surface area contributed by atoms with Crippen molar-refractivity contribution in [1.82, 2.24) is 4.90 Å². The van der Waals surface area contributed by atoms with Crippen molar-refractivity contribution in [2.45, 2.75) is 25.8 Å². The molecule has 0 bridgehead atoms. The Labute approximate surface area is 76.3 Å². The Morgan fingerprint density at radius 1 is 1.77 bits per heavy atom. The van der Waals surface area contributed by atoms with Gasteiger partial charge in [0.2, 0.25) is 0 Å². The number of likely N-dealkylation sites (N-methyl/N-ethyl adjacent to an activating group) is 1. The molecule has 0 saturated carbocycles. The fourth-order valence-corrected chi connectivity index (χ4v) is 1.58. The molecule has 0 spiro atoms. The number of nitrogens with zero attached hydrogens (tertiary/aromatic N) is 1. The number of carbonyl (C=O) groups excluding carboxylic acids is 1. The van der Waals surface area contributed by atoms with E-state index in [0.29, 0.717) is 6.54 Å². The molecule has 0 aliphatic carbocycles. The van der Waals surface area contributed by atoms with Gasteiger partial charge in [-0.1, -0.05) is 0 Å². The van der Waals surface area contributed by atoms with Crippen molar-refractivity contribution in [1.29, 1.82) is 0 Å². The SMILES string of the molecule is CCN1C(=O)OCC1(C)CC(=O)O. The summed E-state index contributed by atoms with van der Waals surface area (Å²) < 4.78 is 4.80. The van der Waals surface area contributed by atoms with E-state index >= 15 is 0 Å². The minimum Gasteiger partial charge on any atom is -0.481 e. The first-order chi connectivity index (χ1) is 5.99. The Morgan fingerprint density at radius 2 is 2.38 bits per heavy atom. The lowest BCUT2D eigenvalue weighted by atomic mass is 9.98. The number of amides is 1. The van der Waals surface area contributed by atoms with Gasteiger partial charge in [-0.2, -0.15) is 0 Å². The smallest absolute Gasteiger partial charge is 0.410 e. The second-order valence-electron chi connectivity index (χ2n) is 3.37. The average molecular weight is 187 g/mol. The first kappa shape index (κ1) is 9.83. The summed E-state index contributed by atoms with van der Waals surface area (Å²) in [5.41, 5.74) is -0.683. The van der Waals surface area contributed by atoms with Crippen LogP contribution in [0.2, 0.25) is 0 Å². The van der Waals surface area contributed by atoms with E-state index in [9.17, 15) is 9.59 Å². The van der Waals surface area contributed by atoms with Crippen LogP contribution in [0, 0.1) is 0 Å². The molecule has 74 valence electrons. The summed E-state index contributed by atoms with van der Waals surface area (Å²) in [6.07, 6.45) is -0.502. The third-order valence-corrected chi connectivity index (χ3v) is 2.23. The molecule has 0 aromatic heterocycles. The molecule has 1 aliphatic rings. The van der Waals surface area contributed by atoms with Gasteiger partial charge in [0.25, 0.3) is 0 Å². The molecule has 0 aromatic rings. The van der Waals surface area contributed by atoms with Crippen LogP contribution < -0.4 is 0 Å². The van der Waals surface area contributed by atoms with Crippen LogP contribution in [0.5, 0.6) is 0 Å². The van der Waals surface area contributed by atoms with E-state index < -0.39 is 17.6 Å². The molecular weight excluding hydrogens is 174 g/mol. The van der Waals surface area contributed by atoms with Gasteiger partial charge in [-0.3, -0.25) is 9.69 Å². The largest absolute Gasteiger partial charge is 0.481 e. The first-order valence-electron chi connectivity index (χ1n) is 4.16. The fourth-order valence-electron chi connectivity index (χ4n) is 1.58. The molecule has 1 atom stereocenters. The van der Waals surface area contributed by atoms with Gasteiger partial charge < -0.3 is 9.84 Å². The number of ether oxygens (including phenoxy) is 1. The van der Waals surface area contributed by atoms with Crippen LogP contribution in [0.3, 0.4) is 0 Å². The van der Waals surface area contributed by atoms with Crippen LogP contribution in [0.4, 0.5) is 4.79 Å². The molecule has 0 radical (unpaired) electrons. The highest BCUT2D eigenvalue weighted by molar-refractivity contribution is 5.75. The molecule has 1 N–H and O–H groups in total. The molecular formula is C8H13NO4. The molecule has 0 aromatic carbocycles. The van der Waals surface area contributed by atoms with Crippen LogP contribution in [0.15, 0.2) is 0 Å². The molecule has 13 heavy (non-hydrogen) atoms. The first-order valence-corrected chi connectivity index (χ1v) is 4.16. The van der Waals surface area contributed by atoms with Crippen molar-refractivity contribution in [3.8, 4) is 0 Å². The molecule has 5 heteroatoms. The lowest BCUT2D eigenvalue weighted by Gasteiger charge is -2.29. The predicted molar refractivity (Wildman–Crippen MR) is 44.4 cm³/mol. The maximum Gasteiger partial charge on any atom is 0.410 e. The van der Waals surface area contributed by atoms with Crippen LogP contribution in [0.1, 0.15) is 20.3 Å². The van der Waals surface area contributed by atoms with E-state index in [1.165, 1.54) is 4.90 Å². The number of carbonyl (C=O) groups is 2. The monoisotopic (exact) mass is 187 g/mol. The summed E-state index contributed by atoms with van der Waals surface area (Å²) in [4.78, 5) is 23.1. The minimum absolute atomic E-state index is 0.0768. The molecule has 1 fully saturated rings. The number of carboxylic acid groups (broad SMARTS) is 1. The van der Waals surface area contributed by atoms with Crippen LogP contribution >= 0.6 is 0 Å². The van der Waals surface area contributed by atoms with Crippen molar-refractivity contribution in [2.24, 2.45) is 0 Å². The predicted octanol–water partition coefficient (Wildman–Crippen LogP) is 0.692. The van der Waals surface area contributed by atoms with Crippen molar-refractivity contribution >= 4 is 12.1 Å². The van der Waals surface area contributed by atoms with Gasteiger partial charge in [0.15, 0.2) is 0 Å². The van der Waals surface area contributed by atoms with Crippen molar-refractivity contribution < 1.29 is 19.4 Å². The Bertz CT molecular complexity index is 240. The van der Waals surface area contributed by atoms with Gasteiger partial charge in [-0.25, -0.2) is 4.79 Å². The molecule has 1 aliphatic heterocycles. The van der Waals surface area contributed by atoms with Crippen LogP contribution in [-0.2, 0) is 9.53 Å². The summed E-state index contributed by atoms with van der Waals surface area (Å²) in [5.74, 6) is -0.917. The van der Waals surface area contributed by atoms with Crippen LogP contribution in [-0.4, -0.2) is 40.8 Å². The van der Waals surface area contributed by atoms with Crippen molar-refractivity contribution in [3.63, 3.8) is 0 Å². The van der Waals surface area contributed by atoms with Gasteiger partial charge in [-0.15, -0.1) is 0 Å². The van der Waals surface area contributed by atoms with Gasteiger partial charge in [-0.05, 0) is 13.8 Å². The highest BCUT2D eigenvalue weighted by Gasteiger charge is 2.44. The number of hydrogen-bond donors (Lipinski definition) is 1. The molecule has 1 unspecified atom stereocenters. The van der Waals surface area contributed by atoms with E-state index in [-0.39, 0.29) is 13.0 Å². The zero-order valence-electron chi connectivity index (χ0n) is 7.74. The van der Waals surface area contributed by atoms with E-state index in [1.54, 1.807) is 13.8 Å². The second-order valence-corrected chi connectivity index (χ2v) is 3.37. The number of hydrogen-bond acceptors (Lipinski definition) is 3. The standard InChI is InChI=1S/C8H13NO4/c1-3-9-7(12)13-5-8(9,2)4-6(10)11/h3-5H2,1-2H3,(H,10,11). The van der Waals surface area contributed by atoms with Crippen molar-refractivity contribution in [3.05, 3.63) is 0 Å². The minimum atomic E-state index is -0.917. The Balaban J connectivity index is 2.77. The summed E-state index contributed by atoms with van der Waals surface area (Å²) in [6, 6.07) is 0. The van der Waals surface area contributed by atoms with Gasteiger partial charge in [0.05, 0.1) is 12.0 Å². The molecule has 1 amide bonds. The highest BCUT2D eigenvalue weighted by atomic mass is 16.6. The quantitative estimate of drug-likeness (QED) is 0.706. The Hall–Kier alpha value is -1.26. The summed E-state index contributed by atoms with van der Waals surface area (Å²) in [7, 11) is 0. The van der Waals surface area contributed by atoms with Gasteiger partial charge in [0.1, 0.15) is 6.61 Å². The topological polar surface area (TPSA) is 66.8 Å². The summed E-state index contributed by atoms with van der Waals surface area (Å²) in [5, 5.41) is 8.65.